The number of carbonyl (C=O) groups excluding carboxylic acids is 1. The van der Waals surface area contributed by atoms with Crippen molar-refractivity contribution >= 4 is 6.79 Å². The third-order valence-electron chi connectivity index (χ3n) is 3.07. The van der Waals surface area contributed by atoms with Crippen molar-refractivity contribution in [2.75, 3.05) is 6.61 Å². The molecule has 0 unspecified atom stereocenters. The number of ether oxygens (including phenoxy) is 1. The molecule has 112 valence electrons. The van der Waals surface area contributed by atoms with Gasteiger partial charge in [0.05, 0.1) is 0 Å². The van der Waals surface area contributed by atoms with Crippen LogP contribution >= 0.6 is 0 Å². The Bertz CT molecular complexity index is 546. The highest BCUT2D eigenvalue weighted by Crippen LogP contribution is 2.21. The van der Waals surface area contributed by atoms with Crippen LogP contribution < -0.4 is 0 Å². The maximum absolute atomic E-state index is 13.8. The van der Waals surface area contributed by atoms with E-state index in [-0.39, 0.29) is 5.83 Å². The van der Waals surface area contributed by atoms with Crippen molar-refractivity contribution in [1.82, 2.24) is 0 Å². The van der Waals surface area contributed by atoms with Gasteiger partial charge in [-0.2, -0.15) is 0 Å². The zero-order valence-corrected chi connectivity index (χ0v) is 12.6. The van der Waals surface area contributed by atoms with Crippen LogP contribution in [0.15, 0.2) is 70.8 Å². The van der Waals surface area contributed by atoms with Gasteiger partial charge in [0, 0.05) is 6.42 Å². The van der Waals surface area contributed by atoms with Gasteiger partial charge in [-0.25, -0.2) is 4.39 Å². The van der Waals surface area contributed by atoms with Crippen LogP contribution in [0, 0.1) is 0 Å². The quantitative estimate of drug-likeness (QED) is 0.750. The van der Waals surface area contributed by atoms with Crippen molar-refractivity contribution in [3.8, 4) is 0 Å². The van der Waals surface area contributed by atoms with Crippen molar-refractivity contribution in [2.24, 2.45) is 0 Å². The number of hydrogen-bond donors (Lipinski definition) is 0. The van der Waals surface area contributed by atoms with Crippen LogP contribution in [0.1, 0.15) is 26.7 Å². The van der Waals surface area contributed by atoms with Crippen molar-refractivity contribution < 1.29 is 13.9 Å². The van der Waals surface area contributed by atoms with Crippen molar-refractivity contribution in [3.05, 3.63) is 70.8 Å². The van der Waals surface area contributed by atoms with Crippen LogP contribution in [-0.4, -0.2) is 13.4 Å². The molecule has 0 atom stereocenters. The molecule has 0 fully saturated rings. The summed E-state index contributed by atoms with van der Waals surface area (Å²) in [5, 5.41) is 0. The lowest BCUT2D eigenvalue weighted by molar-refractivity contribution is -0.0979. The highest BCUT2D eigenvalue weighted by molar-refractivity contribution is 5.33. The number of carbonyl (C=O) groups is 1. The smallest absolute Gasteiger partial charge is 0.161 e. The number of allylic oxidation sites excluding steroid dienone is 9. The molecule has 3 heteroatoms. The molecule has 0 amide bonds. The fraction of sp³-hybridized carbons (Fsp3) is 0.278. The minimum absolute atomic E-state index is 0.271. The molecule has 2 nitrogen and oxygen atoms in total. The lowest BCUT2D eigenvalue weighted by Gasteiger charge is -2.09. The van der Waals surface area contributed by atoms with Gasteiger partial charge in [0.15, 0.2) is 5.83 Å². The Hall–Kier alpha value is -2.16. The van der Waals surface area contributed by atoms with E-state index in [2.05, 4.69) is 19.1 Å². The van der Waals surface area contributed by atoms with Gasteiger partial charge in [0.2, 0.25) is 0 Å². The van der Waals surface area contributed by atoms with E-state index >= 15 is 0 Å². The predicted octanol–water partition coefficient (Wildman–Crippen LogP) is 4.74. The van der Waals surface area contributed by atoms with Gasteiger partial charge in [0.25, 0.3) is 0 Å². The van der Waals surface area contributed by atoms with E-state index in [0.29, 0.717) is 18.8 Å². The van der Waals surface area contributed by atoms with Gasteiger partial charge in [-0.15, -0.1) is 0 Å². The predicted molar refractivity (Wildman–Crippen MR) is 84.3 cm³/mol. The summed E-state index contributed by atoms with van der Waals surface area (Å²) in [5.41, 5.74) is 3.28. The van der Waals surface area contributed by atoms with Crippen LogP contribution in [0.5, 0.6) is 0 Å². The van der Waals surface area contributed by atoms with E-state index in [0.717, 1.165) is 17.6 Å². The topological polar surface area (TPSA) is 26.3 Å². The molecule has 0 spiro atoms. The summed E-state index contributed by atoms with van der Waals surface area (Å²) in [6.45, 7) is 6.38. The molecule has 0 saturated heterocycles. The second kappa shape index (κ2) is 8.90. The monoisotopic (exact) mass is 288 g/mol. The van der Waals surface area contributed by atoms with Crippen LogP contribution in [0.2, 0.25) is 0 Å². The first kappa shape index (κ1) is 16.9. The second-order valence-corrected chi connectivity index (χ2v) is 4.92. The number of rotatable bonds is 3. The number of hydrogen-bond acceptors (Lipinski definition) is 2. The molecule has 0 radical (unpaired) electrons. The Morgan fingerprint density at radius 2 is 1.86 bits per heavy atom. The third kappa shape index (κ3) is 5.78. The Morgan fingerprint density at radius 1 is 1.14 bits per heavy atom. The standard InChI is InChI=1S/C17H19FO.CH2O/c1-13-5-3-7-15(10-9-13)12-19-17-8-4-6-14(2)11-16(17)18;1-2/h3-4,6-7,9-11H,5,8,12H2,1-2H3;1H2. The molecule has 0 N–H and O–H groups in total. The molecule has 2 rings (SSSR count). The van der Waals surface area contributed by atoms with Crippen LogP contribution in [0.3, 0.4) is 0 Å². The fourth-order valence-corrected chi connectivity index (χ4v) is 1.94. The first-order valence-corrected chi connectivity index (χ1v) is 6.83. The van der Waals surface area contributed by atoms with Crippen molar-refractivity contribution in [3.63, 3.8) is 0 Å². The first-order valence-electron chi connectivity index (χ1n) is 6.83. The summed E-state index contributed by atoms with van der Waals surface area (Å²) in [5.74, 6) is 0.139. The molecule has 2 aliphatic rings. The van der Waals surface area contributed by atoms with E-state index in [1.54, 1.807) is 0 Å². The average molecular weight is 288 g/mol. The largest absolute Gasteiger partial charge is 0.490 e. The summed E-state index contributed by atoms with van der Waals surface area (Å²) < 4.78 is 19.5. The molecular formula is C18H21FO2. The third-order valence-corrected chi connectivity index (χ3v) is 3.07. The van der Waals surface area contributed by atoms with Crippen LogP contribution in [0.25, 0.3) is 0 Å². The molecule has 2 aliphatic carbocycles. The average Bonchev–Trinajstić information content (AvgIpc) is 2.77. The van der Waals surface area contributed by atoms with E-state index in [4.69, 9.17) is 9.53 Å². The summed E-state index contributed by atoms with van der Waals surface area (Å²) in [4.78, 5) is 8.00. The minimum atomic E-state index is -0.271. The summed E-state index contributed by atoms with van der Waals surface area (Å²) in [6, 6.07) is 0. The highest BCUT2D eigenvalue weighted by Gasteiger charge is 2.08. The molecule has 0 aromatic carbocycles. The van der Waals surface area contributed by atoms with Gasteiger partial charge in [0.1, 0.15) is 19.2 Å². The molecule has 0 saturated carbocycles. The maximum atomic E-state index is 13.8. The zero-order valence-electron chi connectivity index (χ0n) is 12.6. The molecular weight excluding hydrogens is 267 g/mol. The van der Waals surface area contributed by atoms with Gasteiger partial charge < -0.3 is 9.53 Å². The molecule has 0 bridgehead atoms. The molecule has 0 aromatic rings. The number of halogens is 1. The van der Waals surface area contributed by atoms with E-state index < -0.39 is 0 Å². The lowest BCUT2D eigenvalue weighted by Crippen LogP contribution is -1.98. The normalized spacial score (nSPS) is 17.8. The van der Waals surface area contributed by atoms with Gasteiger partial charge in [-0.1, -0.05) is 42.0 Å². The molecule has 0 heterocycles. The maximum Gasteiger partial charge on any atom is 0.161 e. The summed E-state index contributed by atoms with van der Waals surface area (Å²) in [7, 11) is 0. The van der Waals surface area contributed by atoms with Gasteiger partial charge in [-0.3, -0.25) is 0 Å². The Kier molecular flexibility index (Phi) is 7.16. The zero-order chi connectivity index (χ0) is 15.7. The minimum Gasteiger partial charge on any atom is -0.490 e. The van der Waals surface area contributed by atoms with E-state index in [1.807, 2.05) is 38.0 Å². The molecule has 21 heavy (non-hydrogen) atoms. The summed E-state index contributed by atoms with van der Waals surface area (Å²) >= 11 is 0. The highest BCUT2D eigenvalue weighted by atomic mass is 19.1. The lowest BCUT2D eigenvalue weighted by atomic mass is 10.2. The van der Waals surface area contributed by atoms with E-state index in [1.165, 1.54) is 11.6 Å². The first-order chi connectivity index (χ1) is 10.1. The van der Waals surface area contributed by atoms with Gasteiger partial charge in [-0.05, 0) is 37.5 Å². The van der Waals surface area contributed by atoms with Gasteiger partial charge >= 0.3 is 0 Å². The Balaban J connectivity index is 0.00000106. The summed E-state index contributed by atoms with van der Waals surface area (Å²) in [6.07, 6.45) is 15.1. The Labute approximate surface area is 125 Å². The van der Waals surface area contributed by atoms with Crippen molar-refractivity contribution in [2.45, 2.75) is 26.7 Å². The SMILES string of the molecule is C=O.CC1=CC(F)=C(OCC2=CC=C(C)CC=C2)CC=C1. The van der Waals surface area contributed by atoms with Crippen LogP contribution in [-0.2, 0) is 9.53 Å². The van der Waals surface area contributed by atoms with Crippen molar-refractivity contribution in [1.29, 1.82) is 0 Å². The van der Waals surface area contributed by atoms with E-state index in [9.17, 15) is 4.39 Å². The fourth-order valence-electron chi connectivity index (χ4n) is 1.94. The molecule has 0 aromatic heterocycles. The van der Waals surface area contributed by atoms with Crippen LogP contribution in [0.4, 0.5) is 4.39 Å². The Morgan fingerprint density at radius 3 is 2.62 bits per heavy atom. The second-order valence-electron chi connectivity index (χ2n) is 4.92. The molecule has 0 aliphatic heterocycles.